The van der Waals surface area contributed by atoms with E-state index in [2.05, 4.69) is 38.8 Å². The molecule has 13 heavy (non-hydrogen) atoms. The SMILES string of the molecule is Cc1ncc(Br)cc1N1CCCC1. The van der Waals surface area contributed by atoms with Crippen LogP contribution in [0.1, 0.15) is 18.5 Å². The predicted molar refractivity (Wildman–Crippen MR) is 58.1 cm³/mol. The molecule has 0 saturated carbocycles. The first-order valence-electron chi connectivity index (χ1n) is 4.64. The van der Waals surface area contributed by atoms with Crippen LogP contribution < -0.4 is 4.90 Å². The maximum Gasteiger partial charge on any atom is 0.0606 e. The predicted octanol–water partition coefficient (Wildman–Crippen LogP) is 2.75. The molecule has 2 rings (SSSR count). The van der Waals surface area contributed by atoms with Gasteiger partial charge in [-0.3, -0.25) is 4.98 Å². The lowest BCUT2D eigenvalue weighted by atomic mass is 10.3. The molecule has 1 aromatic rings. The number of halogens is 1. The highest BCUT2D eigenvalue weighted by Gasteiger charge is 2.14. The third-order valence-corrected chi connectivity index (χ3v) is 2.91. The van der Waals surface area contributed by atoms with Crippen molar-refractivity contribution in [1.82, 2.24) is 4.98 Å². The van der Waals surface area contributed by atoms with Crippen LogP contribution in [0.4, 0.5) is 5.69 Å². The Kier molecular flexibility index (Phi) is 2.54. The lowest BCUT2D eigenvalue weighted by molar-refractivity contribution is 0.947. The summed E-state index contributed by atoms with van der Waals surface area (Å²) in [6.45, 7) is 4.43. The Morgan fingerprint density at radius 2 is 2.08 bits per heavy atom. The molecule has 0 amide bonds. The highest BCUT2D eigenvalue weighted by Crippen LogP contribution is 2.25. The van der Waals surface area contributed by atoms with Gasteiger partial charge in [0.05, 0.1) is 11.4 Å². The second-order valence-electron chi connectivity index (χ2n) is 3.45. The van der Waals surface area contributed by atoms with Gasteiger partial charge in [0, 0.05) is 23.8 Å². The van der Waals surface area contributed by atoms with E-state index in [1.807, 2.05) is 6.20 Å². The van der Waals surface area contributed by atoms with Crippen LogP contribution >= 0.6 is 15.9 Å². The molecule has 1 aliphatic heterocycles. The van der Waals surface area contributed by atoms with Crippen LogP contribution in [-0.4, -0.2) is 18.1 Å². The van der Waals surface area contributed by atoms with E-state index in [-0.39, 0.29) is 0 Å². The maximum atomic E-state index is 4.33. The lowest BCUT2D eigenvalue weighted by Crippen LogP contribution is -2.19. The van der Waals surface area contributed by atoms with Gasteiger partial charge in [-0.05, 0) is 41.8 Å². The Labute approximate surface area is 87.1 Å². The summed E-state index contributed by atoms with van der Waals surface area (Å²) in [6, 6.07) is 2.16. The van der Waals surface area contributed by atoms with Crippen molar-refractivity contribution in [3.8, 4) is 0 Å². The van der Waals surface area contributed by atoms with E-state index in [4.69, 9.17) is 0 Å². The number of aryl methyl sites for hydroxylation is 1. The van der Waals surface area contributed by atoms with E-state index in [1.165, 1.54) is 31.6 Å². The topological polar surface area (TPSA) is 16.1 Å². The van der Waals surface area contributed by atoms with Crippen LogP contribution in [0.15, 0.2) is 16.7 Å². The monoisotopic (exact) mass is 240 g/mol. The second kappa shape index (κ2) is 3.66. The molecule has 1 fully saturated rings. The zero-order valence-electron chi connectivity index (χ0n) is 7.76. The van der Waals surface area contributed by atoms with Crippen LogP contribution in [0.2, 0.25) is 0 Å². The molecule has 0 bridgehead atoms. The van der Waals surface area contributed by atoms with E-state index >= 15 is 0 Å². The van der Waals surface area contributed by atoms with Crippen LogP contribution in [0, 0.1) is 6.92 Å². The average molecular weight is 241 g/mol. The van der Waals surface area contributed by atoms with Gasteiger partial charge in [0.25, 0.3) is 0 Å². The normalized spacial score (nSPS) is 16.6. The average Bonchev–Trinajstić information content (AvgIpc) is 2.61. The van der Waals surface area contributed by atoms with Gasteiger partial charge < -0.3 is 4.90 Å². The molecular weight excluding hydrogens is 228 g/mol. The smallest absolute Gasteiger partial charge is 0.0606 e. The summed E-state index contributed by atoms with van der Waals surface area (Å²) in [7, 11) is 0. The summed E-state index contributed by atoms with van der Waals surface area (Å²) in [5, 5.41) is 0. The van der Waals surface area contributed by atoms with Crippen LogP contribution in [-0.2, 0) is 0 Å². The first kappa shape index (κ1) is 9.00. The molecule has 1 aliphatic rings. The molecule has 0 aromatic carbocycles. The molecule has 1 saturated heterocycles. The Morgan fingerprint density at radius 1 is 1.38 bits per heavy atom. The van der Waals surface area contributed by atoms with Crippen molar-refractivity contribution >= 4 is 21.6 Å². The quantitative estimate of drug-likeness (QED) is 0.751. The second-order valence-corrected chi connectivity index (χ2v) is 4.37. The van der Waals surface area contributed by atoms with Crippen molar-refractivity contribution in [2.24, 2.45) is 0 Å². The standard InChI is InChI=1S/C10H13BrN2/c1-8-10(6-9(11)7-12-8)13-4-2-3-5-13/h6-7H,2-5H2,1H3. The van der Waals surface area contributed by atoms with Crippen molar-refractivity contribution in [3.05, 3.63) is 22.4 Å². The van der Waals surface area contributed by atoms with Gasteiger partial charge in [0.2, 0.25) is 0 Å². The number of pyridine rings is 1. The summed E-state index contributed by atoms with van der Waals surface area (Å²) in [6.07, 6.45) is 4.48. The molecule has 0 N–H and O–H groups in total. The summed E-state index contributed by atoms with van der Waals surface area (Å²) < 4.78 is 1.07. The molecule has 0 radical (unpaired) electrons. The van der Waals surface area contributed by atoms with Crippen molar-refractivity contribution in [2.75, 3.05) is 18.0 Å². The maximum absolute atomic E-state index is 4.33. The van der Waals surface area contributed by atoms with Gasteiger partial charge in [-0.25, -0.2) is 0 Å². The molecule has 2 nitrogen and oxygen atoms in total. The van der Waals surface area contributed by atoms with Crippen LogP contribution in [0.5, 0.6) is 0 Å². The number of hydrogen-bond donors (Lipinski definition) is 0. The zero-order valence-corrected chi connectivity index (χ0v) is 9.34. The number of aromatic nitrogens is 1. The Balaban J connectivity index is 2.32. The largest absolute Gasteiger partial charge is 0.370 e. The first-order chi connectivity index (χ1) is 6.27. The van der Waals surface area contributed by atoms with E-state index in [0.29, 0.717) is 0 Å². The number of nitrogens with zero attached hydrogens (tertiary/aromatic N) is 2. The Morgan fingerprint density at radius 3 is 2.77 bits per heavy atom. The molecular formula is C10H13BrN2. The third-order valence-electron chi connectivity index (χ3n) is 2.47. The van der Waals surface area contributed by atoms with Gasteiger partial charge in [0.15, 0.2) is 0 Å². The van der Waals surface area contributed by atoms with Gasteiger partial charge in [-0.1, -0.05) is 0 Å². The molecule has 0 atom stereocenters. The van der Waals surface area contributed by atoms with Crippen LogP contribution in [0.3, 0.4) is 0 Å². The van der Waals surface area contributed by atoms with Gasteiger partial charge in [-0.15, -0.1) is 0 Å². The molecule has 0 aliphatic carbocycles. The molecule has 70 valence electrons. The summed E-state index contributed by atoms with van der Waals surface area (Å²) in [5.41, 5.74) is 2.41. The zero-order chi connectivity index (χ0) is 9.26. The van der Waals surface area contributed by atoms with Crippen molar-refractivity contribution in [1.29, 1.82) is 0 Å². The minimum absolute atomic E-state index is 1.07. The van der Waals surface area contributed by atoms with E-state index in [1.54, 1.807) is 0 Å². The summed E-state index contributed by atoms with van der Waals surface area (Å²) >= 11 is 3.45. The third kappa shape index (κ3) is 1.85. The molecule has 3 heteroatoms. The first-order valence-corrected chi connectivity index (χ1v) is 5.44. The minimum atomic E-state index is 1.07. The van der Waals surface area contributed by atoms with Gasteiger partial charge >= 0.3 is 0 Å². The Hall–Kier alpha value is -0.570. The molecule has 0 spiro atoms. The highest BCUT2D eigenvalue weighted by atomic mass is 79.9. The van der Waals surface area contributed by atoms with E-state index in [9.17, 15) is 0 Å². The number of rotatable bonds is 1. The van der Waals surface area contributed by atoms with Crippen LogP contribution in [0.25, 0.3) is 0 Å². The fourth-order valence-corrected chi connectivity index (χ4v) is 2.09. The summed E-state index contributed by atoms with van der Waals surface area (Å²) in [5.74, 6) is 0. The van der Waals surface area contributed by atoms with Gasteiger partial charge in [0.1, 0.15) is 0 Å². The number of hydrogen-bond acceptors (Lipinski definition) is 2. The lowest BCUT2D eigenvalue weighted by Gasteiger charge is -2.19. The molecule has 2 heterocycles. The van der Waals surface area contributed by atoms with Crippen molar-refractivity contribution < 1.29 is 0 Å². The molecule has 1 aromatic heterocycles. The Bertz CT molecular complexity index is 306. The highest BCUT2D eigenvalue weighted by molar-refractivity contribution is 9.10. The fourth-order valence-electron chi connectivity index (χ4n) is 1.78. The van der Waals surface area contributed by atoms with E-state index in [0.717, 1.165) is 10.2 Å². The number of anilines is 1. The summed E-state index contributed by atoms with van der Waals surface area (Å²) in [4.78, 5) is 6.74. The van der Waals surface area contributed by atoms with Crippen molar-refractivity contribution in [2.45, 2.75) is 19.8 Å². The van der Waals surface area contributed by atoms with Gasteiger partial charge in [-0.2, -0.15) is 0 Å². The van der Waals surface area contributed by atoms with E-state index < -0.39 is 0 Å². The fraction of sp³-hybridized carbons (Fsp3) is 0.500. The minimum Gasteiger partial charge on any atom is -0.370 e. The molecule has 0 unspecified atom stereocenters. The van der Waals surface area contributed by atoms with Crippen molar-refractivity contribution in [3.63, 3.8) is 0 Å².